The zero-order chi connectivity index (χ0) is 13.7. The van der Waals surface area contributed by atoms with Crippen molar-refractivity contribution in [3.05, 3.63) is 29.8 Å². The minimum absolute atomic E-state index is 0. The summed E-state index contributed by atoms with van der Waals surface area (Å²) in [5, 5.41) is 0. The van der Waals surface area contributed by atoms with Crippen LogP contribution in [0.25, 0.3) is 0 Å². The van der Waals surface area contributed by atoms with Gasteiger partial charge in [-0.1, -0.05) is 6.92 Å². The highest BCUT2D eigenvalue weighted by atomic mass is 79.9. The zero-order valence-electron chi connectivity index (χ0n) is 12.1. The number of carbonyl (C=O) groups is 1. The molecule has 1 aliphatic heterocycles. The van der Waals surface area contributed by atoms with Crippen LogP contribution in [0, 0.1) is 0 Å². The van der Waals surface area contributed by atoms with E-state index in [2.05, 4.69) is 16.7 Å². The number of nitrogens with zero attached hydrogens (tertiary/aromatic N) is 2. The molecule has 1 aliphatic rings. The number of rotatable bonds is 5. The fraction of sp³-hybridized carbons (Fsp3) is 0.533. The summed E-state index contributed by atoms with van der Waals surface area (Å²) in [6.45, 7) is 7.88. The van der Waals surface area contributed by atoms with E-state index in [4.69, 9.17) is 4.74 Å². The summed E-state index contributed by atoms with van der Waals surface area (Å²) in [7, 11) is 1.63. The Morgan fingerprint density at radius 3 is 2.15 bits per heavy atom. The van der Waals surface area contributed by atoms with E-state index >= 15 is 0 Å². The first-order valence-electron chi connectivity index (χ1n) is 6.85. The Morgan fingerprint density at radius 2 is 1.65 bits per heavy atom. The first-order valence-corrected chi connectivity index (χ1v) is 6.85. The van der Waals surface area contributed by atoms with Gasteiger partial charge in [-0.05, 0) is 30.8 Å². The average Bonchev–Trinajstić information content (AvgIpc) is 2.48. The van der Waals surface area contributed by atoms with Crippen LogP contribution in [0.2, 0.25) is 0 Å². The van der Waals surface area contributed by atoms with Crippen LogP contribution in [0.1, 0.15) is 17.3 Å². The van der Waals surface area contributed by atoms with E-state index in [1.165, 1.54) is 0 Å². The van der Waals surface area contributed by atoms with Gasteiger partial charge in [-0.3, -0.25) is 9.69 Å². The predicted molar refractivity (Wildman–Crippen MR) is 75.9 cm³/mol. The molecular weight excluding hydrogens is 320 g/mol. The van der Waals surface area contributed by atoms with Crippen LogP contribution in [0.15, 0.2) is 24.3 Å². The van der Waals surface area contributed by atoms with Crippen molar-refractivity contribution >= 4 is 5.78 Å². The second-order valence-corrected chi connectivity index (χ2v) is 4.86. The van der Waals surface area contributed by atoms with Crippen LogP contribution in [-0.2, 0) is 0 Å². The minimum Gasteiger partial charge on any atom is -1.00 e. The maximum atomic E-state index is 12.2. The highest BCUT2D eigenvalue weighted by molar-refractivity contribution is 5.97. The average molecular weight is 342 g/mol. The number of hydrogen-bond acceptors (Lipinski definition) is 4. The Labute approximate surface area is 131 Å². The number of likely N-dealkylation sites (N-methyl/N-ethyl adjacent to an activating group) is 1. The van der Waals surface area contributed by atoms with Crippen molar-refractivity contribution in [3.8, 4) is 5.75 Å². The Hall–Kier alpha value is -0.910. The number of ketones is 1. The van der Waals surface area contributed by atoms with Crippen molar-refractivity contribution in [1.29, 1.82) is 0 Å². The van der Waals surface area contributed by atoms with Gasteiger partial charge in [0.15, 0.2) is 5.78 Å². The van der Waals surface area contributed by atoms with Crippen LogP contribution >= 0.6 is 0 Å². The predicted octanol–water partition coefficient (Wildman–Crippen LogP) is -1.48. The molecule has 4 nitrogen and oxygen atoms in total. The third kappa shape index (κ3) is 4.58. The number of carbonyl (C=O) groups excluding carboxylic acids is 1. The van der Waals surface area contributed by atoms with E-state index < -0.39 is 0 Å². The minimum atomic E-state index is 0. The van der Waals surface area contributed by atoms with Gasteiger partial charge in [-0.2, -0.15) is 0 Å². The summed E-state index contributed by atoms with van der Waals surface area (Å²) in [6.07, 6.45) is 0. The lowest BCUT2D eigenvalue weighted by Gasteiger charge is -2.33. The molecule has 0 saturated carbocycles. The van der Waals surface area contributed by atoms with Crippen LogP contribution in [-0.4, -0.2) is 62.0 Å². The molecule has 0 radical (unpaired) electrons. The molecule has 0 spiro atoms. The molecule has 1 aromatic carbocycles. The van der Waals surface area contributed by atoms with Gasteiger partial charge < -0.3 is 26.6 Å². The largest absolute Gasteiger partial charge is 1.00 e. The first-order chi connectivity index (χ1) is 9.22. The van der Waals surface area contributed by atoms with E-state index in [1.54, 1.807) is 7.11 Å². The van der Waals surface area contributed by atoms with Crippen LogP contribution in [0.4, 0.5) is 0 Å². The van der Waals surface area contributed by atoms with Crippen LogP contribution < -0.4 is 21.7 Å². The van der Waals surface area contributed by atoms with Gasteiger partial charge >= 0.3 is 0 Å². The van der Waals surface area contributed by atoms with Crippen molar-refractivity contribution in [1.82, 2.24) is 9.80 Å². The Morgan fingerprint density at radius 1 is 1.10 bits per heavy atom. The van der Waals surface area contributed by atoms with Crippen molar-refractivity contribution in [2.45, 2.75) is 6.92 Å². The summed E-state index contributed by atoms with van der Waals surface area (Å²) in [6, 6.07) is 7.34. The van der Waals surface area contributed by atoms with Crippen LogP contribution in [0.3, 0.4) is 0 Å². The molecular formula is C15H22BrN2O2-. The Balaban J connectivity index is 0.00000200. The SMILES string of the molecule is CCN1CCN(CC(=O)c2ccc(OC)cc2)CC1.[Br-]. The zero-order valence-corrected chi connectivity index (χ0v) is 13.7. The smallest absolute Gasteiger partial charge is 0.176 e. The lowest BCUT2D eigenvalue weighted by Crippen LogP contribution is -3.00. The number of halogens is 1. The molecule has 0 amide bonds. The molecule has 5 heteroatoms. The first kappa shape index (κ1) is 17.1. The highest BCUT2D eigenvalue weighted by Crippen LogP contribution is 2.12. The molecule has 112 valence electrons. The third-order valence-electron chi connectivity index (χ3n) is 3.69. The Kier molecular flexibility index (Phi) is 7.19. The maximum Gasteiger partial charge on any atom is 0.176 e. The number of piperazine rings is 1. The summed E-state index contributed by atoms with van der Waals surface area (Å²) >= 11 is 0. The second-order valence-electron chi connectivity index (χ2n) is 4.86. The van der Waals surface area contributed by atoms with Gasteiger partial charge in [0.25, 0.3) is 0 Å². The quantitative estimate of drug-likeness (QED) is 0.611. The fourth-order valence-corrected chi connectivity index (χ4v) is 2.33. The number of Topliss-reactive ketones (excluding diaryl/α,β-unsaturated/α-hetero) is 1. The molecule has 0 unspecified atom stereocenters. The molecule has 2 rings (SSSR count). The maximum absolute atomic E-state index is 12.2. The number of ether oxygens (including phenoxy) is 1. The van der Waals surface area contributed by atoms with Crippen molar-refractivity contribution in [2.75, 3.05) is 46.4 Å². The second kappa shape index (κ2) is 8.39. The normalized spacial score (nSPS) is 16.5. The summed E-state index contributed by atoms with van der Waals surface area (Å²) in [5.74, 6) is 0.973. The van der Waals surface area contributed by atoms with E-state index in [0.29, 0.717) is 6.54 Å². The molecule has 1 fully saturated rings. The summed E-state index contributed by atoms with van der Waals surface area (Å²) in [4.78, 5) is 16.8. The monoisotopic (exact) mass is 341 g/mol. The molecule has 0 atom stereocenters. The van der Waals surface area contributed by atoms with Crippen molar-refractivity contribution < 1.29 is 26.5 Å². The molecule has 0 aliphatic carbocycles. The standard InChI is InChI=1S/C15H22N2O2.BrH/c1-3-16-8-10-17(11-9-16)12-15(18)13-4-6-14(19-2)7-5-13;/h4-7H,3,8-12H2,1-2H3;1H/p-1. The summed E-state index contributed by atoms with van der Waals surface area (Å²) < 4.78 is 5.10. The fourth-order valence-electron chi connectivity index (χ4n) is 2.33. The van der Waals surface area contributed by atoms with Gasteiger partial charge in [0.1, 0.15) is 5.75 Å². The van der Waals surface area contributed by atoms with E-state index in [-0.39, 0.29) is 22.8 Å². The molecule has 0 aromatic heterocycles. The number of methoxy groups -OCH3 is 1. The molecule has 1 heterocycles. The number of benzene rings is 1. The third-order valence-corrected chi connectivity index (χ3v) is 3.69. The van der Waals surface area contributed by atoms with Crippen molar-refractivity contribution in [3.63, 3.8) is 0 Å². The van der Waals surface area contributed by atoms with Gasteiger partial charge in [0, 0.05) is 31.7 Å². The van der Waals surface area contributed by atoms with Gasteiger partial charge in [-0.15, -0.1) is 0 Å². The van der Waals surface area contributed by atoms with E-state index in [0.717, 1.165) is 44.0 Å². The van der Waals surface area contributed by atoms with E-state index in [9.17, 15) is 4.79 Å². The molecule has 0 bridgehead atoms. The van der Waals surface area contributed by atoms with Crippen molar-refractivity contribution in [2.24, 2.45) is 0 Å². The molecule has 20 heavy (non-hydrogen) atoms. The van der Waals surface area contributed by atoms with Gasteiger partial charge in [0.05, 0.1) is 13.7 Å². The van der Waals surface area contributed by atoms with Gasteiger partial charge in [-0.25, -0.2) is 0 Å². The van der Waals surface area contributed by atoms with Gasteiger partial charge in [0.2, 0.25) is 0 Å². The molecule has 1 saturated heterocycles. The van der Waals surface area contributed by atoms with E-state index in [1.807, 2.05) is 24.3 Å². The summed E-state index contributed by atoms with van der Waals surface area (Å²) in [5.41, 5.74) is 0.763. The number of hydrogen-bond donors (Lipinski definition) is 0. The lowest BCUT2D eigenvalue weighted by molar-refractivity contribution is -0.0000127. The molecule has 1 aromatic rings. The molecule has 0 N–H and O–H groups in total. The Bertz CT molecular complexity index is 414. The topological polar surface area (TPSA) is 32.8 Å². The lowest BCUT2D eigenvalue weighted by atomic mass is 10.1. The highest BCUT2D eigenvalue weighted by Gasteiger charge is 2.18. The van der Waals surface area contributed by atoms with Crippen LogP contribution in [0.5, 0.6) is 5.75 Å².